The van der Waals surface area contributed by atoms with E-state index in [0.717, 1.165) is 18.4 Å². The SMILES string of the molecule is CC[C@@]1(C(=O)O)C[C@@H]2CC[C@H]1N2C(=O)Cc1ccc(OC)cc1OC. The average Bonchev–Trinajstić information content (AvgIpc) is 3.18. The van der Waals surface area contributed by atoms with Crippen LogP contribution in [0.15, 0.2) is 18.2 Å². The first-order valence-electron chi connectivity index (χ1n) is 8.72. The molecule has 2 fully saturated rings. The van der Waals surface area contributed by atoms with Crippen molar-refractivity contribution in [2.45, 2.75) is 51.1 Å². The van der Waals surface area contributed by atoms with Crippen LogP contribution in [0.5, 0.6) is 11.5 Å². The van der Waals surface area contributed by atoms with Gasteiger partial charge >= 0.3 is 5.97 Å². The fourth-order valence-electron chi connectivity index (χ4n) is 4.57. The molecule has 0 spiro atoms. The van der Waals surface area contributed by atoms with Crippen LogP contribution in [0.2, 0.25) is 0 Å². The summed E-state index contributed by atoms with van der Waals surface area (Å²) < 4.78 is 10.6. The van der Waals surface area contributed by atoms with Gasteiger partial charge in [-0.25, -0.2) is 0 Å². The first-order valence-corrected chi connectivity index (χ1v) is 8.72. The number of carboxylic acid groups (broad SMARTS) is 1. The van der Waals surface area contributed by atoms with Crippen molar-refractivity contribution < 1.29 is 24.2 Å². The molecule has 136 valence electrons. The average molecular weight is 347 g/mol. The van der Waals surface area contributed by atoms with Crippen LogP contribution in [0.3, 0.4) is 0 Å². The van der Waals surface area contributed by atoms with Crippen molar-refractivity contribution in [1.29, 1.82) is 0 Å². The van der Waals surface area contributed by atoms with Crippen LogP contribution in [0.4, 0.5) is 0 Å². The number of ether oxygens (including phenoxy) is 2. The van der Waals surface area contributed by atoms with E-state index in [1.807, 2.05) is 17.9 Å². The Morgan fingerprint density at radius 2 is 2.04 bits per heavy atom. The Kier molecular flexibility index (Phi) is 4.62. The van der Waals surface area contributed by atoms with Crippen LogP contribution in [0.1, 0.15) is 38.2 Å². The van der Waals surface area contributed by atoms with Crippen LogP contribution in [0, 0.1) is 5.41 Å². The first-order chi connectivity index (χ1) is 12.0. The van der Waals surface area contributed by atoms with E-state index in [1.54, 1.807) is 26.4 Å². The van der Waals surface area contributed by atoms with Crippen LogP contribution in [-0.4, -0.2) is 48.2 Å². The summed E-state index contributed by atoms with van der Waals surface area (Å²) in [7, 11) is 3.15. The molecule has 1 aromatic carbocycles. The zero-order valence-corrected chi connectivity index (χ0v) is 14.9. The Morgan fingerprint density at radius 3 is 2.60 bits per heavy atom. The summed E-state index contributed by atoms with van der Waals surface area (Å²) in [5.41, 5.74) is -0.000205. The molecule has 6 nitrogen and oxygen atoms in total. The zero-order valence-electron chi connectivity index (χ0n) is 14.9. The van der Waals surface area contributed by atoms with E-state index >= 15 is 0 Å². The van der Waals surface area contributed by atoms with Crippen LogP contribution in [-0.2, 0) is 16.0 Å². The lowest BCUT2D eigenvalue weighted by atomic mass is 9.72. The lowest BCUT2D eigenvalue weighted by molar-refractivity contribution is -0.151. The minimum absolute atomic E-state index is 0.0208. The first kappa shape index (κ1) is 17.6. The topological polar surface area (TPSA) is 76.1 Å². The molecule has 2 bridgehead atoms. The Balaban J connectivity index is 1.82. The van der Waals surface area contributed by atoms with Gasteiger partial charge < -0.3 is 19.5 Å². The third-order valence-electron chi connectivity index (χ3n) is 5.92. The number of carbonyl (C=O) groups excluding carboxylic acids is 1. The molecule has 2 aliphatic rings. The third kappa shape index (κ3) is 2.73. The minimum atomic E-state index is -0.789. The van der Waals surface area contributed by atoms with Crippen LogP contribution < -0.4 is 9.47 Å². The highest BCUT2D eigenvalue weighted by Gasteiger charge is 2.60. The Morgan fingerprint density at radius 1 is 1.28 bits per heavy atom. The lowest BCUT2D eigenvalue weighted by Gasteiger charge is -2.32. The van der Waals surface area contributed by atoms with Gasteiger partial charge in [-0.15, -0.1) is 0 Å². The van der Waals surface area contributed by atoms with Crippen LogP contribution in [0.25, 0.3) is 0 Å². The van der Waals surface area contributed by atoms with Crippen molar-refractivity contribution in [2.24, 2.45) is 5.41 Å². The van der Waals surface area contributed by atoms with Gasteiger partial charge in [-0.2, -0.15) is 0 Å². The summed E-state index contributed by atoms with van der Waals surface area (Å²) in [6.45, 7) is 1.91. The van der Waals surface area contributed by atoms with Gasteiger partial charge in [0.15, 0.2) is 0 Å². The Bertz CT molecular complexity index is 688. The Labute approximate surface area is 147 Å². The van der Waals surface area contributed by atoms with Gasteiger partial charge in [-0.1, -0.05) is 13.0 Å². The zero-order chi connectivity index (χ0) is 18.2. The fourth-order valence-corrected chi connectivity index (χ4v) is 4.57. The molecular weight excluding hydrogens is 322 g/mol. The highest BCUT2D eigenvalue weighted by molar-refractivity contribution is 5.84. The normalized spacial score (nSPS) is 27.4. The van der Waals surface area contributed by atoms with Gasteiger partial charge in [0.25, 0.3) is 0 Å². The van der Waals surface area contributed by atoms with Gasteiger partial charge in [0.05, 0.1) is 26.1 Å². The highest BCUT2D eigenvalue weighted by Crippen LogP contribution is 2.52. The molecule has 3 atom stereocenters. The molecule has 0 saturated carbocycles. The monoisotopic (exact) mass is 347 g/mol. The number of rotatable bonds is 6. The third-order valence-corrected chi connectivity index (χ3v) is 5.92. The number of hydrogen-bond acceptors (Lipinski definition) is 4. The minimum Gasteiger partial charge on any atom is -0.497 e. The molecule has 3 rings (SSSR count). The number of hydrogen-bond donors (Lipinski definition) is 1. The molecule has 0 aromatic heterocycles. The van der Waals surface area contributed by atoms with E-state index in [9.17, 15) is 14.7 Å². The molecule has 1 N–H and O–H groups in total. The van der Waals surface area contributed by atoms with Crippen molar-refractivity contribution in [3.63, 3.8) is 0 Å². The number of fused-ring (bicyclic) bond motifs is 2. The van der Waals surface area contributed by atoms with Gasteiger partial charge in [0, 0.05) is 23.7 Å². The molecular formula is C19H25NO5. The van der Waals surface area contributed by atoms with Crippen molar-refractivity contribution >= 4 is 11.9 Å². The van der Waals surface area contributed by atoms with E-state index in [4.69, 9.17) is 9.47 Å². The number of amides is 1. The van der Waals surface area contributed by atoms with E-state index < -0.39 is 11.4 Å². The second-order valence-electron chi connectivity index (χ2n) is 6.92. The number of methoxy groups -OCH3 is 2. The van der Waals surface area contributed by atoms with Crippen molar-refractivity contribution in [3.8, 4) is 11.5 Å². The molecule has 1 aromatic rings. The second kappa shape index (κ2) is 6.58. The molecule has 2 saturated heterocycles. The number of nitrogens with zero attached hydrogens (tertiary/aromatic N) is 1. The van der Waals surface area contributed by atoms with Gasteiger partial charge in [-0.05, 0) is 31.7 Å². The number of carbonyl (C=O) groups is 2. The Hall–Kier alpha value is -2.24. The van der Waals surface area contributed by atoms with E-state index in [-0.39, 0.29) is 24.4 Å². The maximum Gasteiger partial charge on any atom is 0.311 e. The predicted octanol–water partition coefficient (Wildman–Crippen LogP) is 2.49. The maximum absolute atomic E-state index is 13.0. The van der Waals surface area contributed by atoms with E-state index in [2.05, 4.69) is 0 Å². The maximum atomic E-state index is 13.0. The number of benzene rings is 1. The second-order valence-corrected chi connectivity index (χ2v) is 6.92. The van der Waals surface area contributed by atoms with Gasteiger partial charge in [0.2, 0.25) is 5.91 Å². The summed E-state index contributed by atoms with van der Waals surface area (Å²) in [5, 5.41) is 9.74. The largest absolute Gasteiger partial charge is 0.497 e. The number of carboxylic acids is 1. The summed E-state index contributed by atoms with van der Waals surface area (Å²) in [6.07, 6.45) is 3.00. The molecule has 6 heteroatoms. The summed E-state index contributed by atoms with van der Waals surface area (Å²) in [6, 6.07) is 5.23. The van der Waals surface area contributed by atoms with Crippen LogP contribution >= 0.6 is 0 Å². The molecule has 2 aliphatic heterocycles. The highest BCUT2D eigenvalue weighted by atomic mass is 16.5. The summed E-state index contributed by atoms with van der Waals surface area (Å²) in [4.78, 5) is 26.7. The quantitative estimate of drug-likeness (QED) is 0.856. The van der Waals surface area contributed by atoms with E-state index in [1.165, 1.54) is 0 Å². The lowest BCUT2D eigenvalue weighted by Crippen LogP contribution is -2.45. The van der Waals surface area contributed by atoms with Crippen molar-refractivity contribution in [2.75, 3.05) is 14.2 Å². The van der Waals surface area contributed by atoms with Crippen molar-refractivity contribution in [3.05, 3.63) is 23.8 Å². The molecule has 0 unspecified atom stereocenters. The molecule has 1 amide bonds. The standard InChI is InChI=1S/C19H25NO5/c1-4-19(18(22)23)11-13-6-8-16(19)20(13)17(21)9-12-5-7-14(24-2)10-15(12)25-3/h5,7,10,13,16H,4,6,8-9,11H2,1-3H3,(H,22,23)/t13-,16+,19+/m0/s1. The fraction of sp³-hybridized carbons (Fsp3) is 0.579. The van der Waals surface area contributed by atoms with Gasteiger partial charge in [-0.3, -0.25) is 9.59 Å². The molecule has 0 aliphatic carbocycles. The molecule has 2 heterocycles. The van der Waals surface area contributed by atoms with Gasteiger partial charge in [0.1, 0.15) is 11.5 Å². The summed E-state index contributed by atoms with van der Waals surface area (Å²) >= 11 is 0. The van der Waals surface area contributed by atoms with Crippen molar-refractivity contribution in [1.82, 2.24) is 4.90 Å². The predicted molar refractivity (Wildman–Crippen MR) is 91.9 cm³/mol. The molecule has 25 heavy (non-hydrogen) atoms. The van der Waals surface area contributed by atoms with E-state index in [0.29, 0.717) is 24.3 Å². The smallest absolute Gasteiger partial charge is 0.311 e. The summed E-state index contributed by atoms with van der Waals surface area (Å²) in [5.74, 6) is 0.485. The number of aliphatic carboxylic acids is 1. The molecule has 0 radical (unpaired) electrons.